The van der Waals surface area contributed by atoms with Crippen LogP contribution in [0.5, 0.6) is 0 Å². The normalized spacial score (nSPS) is 9.91. The Morgan fingerprint density at radius 2 is 2.55 bits per heavy atom. The first-order chi connectivity index (χ1) is 5.18. The van der Waals surface area contributed by atoms with Gasteiger partial charge >= 0.3 is 0 Å². The van der Waals surface area contributed by atoms with Gasteiger partial charge in [-0.25, -0.2) is 4.98 Å². The monoisotopic (exact) mass is 206 g/mol. The molecule has 11 heavy (non-hydrogen) atoms. The number of aryl methyl sites for hydroxylation is 1. The number of thiocarbonyl (C=S) groups is 1. The first-order valence-corrected chi connectivity index (χ1v) is 4.67. The lowest BCUT2D eigenvalue weighted by Gasteiger charge is -1.92. The van der Waals surface area contributed by atoms with Crippen molar-refractivity contribution in [3.63, 3.8) is 0 Å². The molecule has 1 aromatic heterocycles. The molecule has 0 spiro atoms. The van der Waals surface area contributed by atoms with Gasteiger partial charge in [-0.2, -0.15) is 0 Å². The molecule has 0 aromatic carbocycles. The van der Waals surface area contributed by atoms with Gasteiger partial charge in [0.1, 0.15) is 0 Å². The van der Waals surface area contributed by atoms with E-state index in [-0.39, 0.29) is 0 Å². The zero-order valence-corrected chi connectivity index (χ0v) is 8.10. The molecule has 1 aromatic rings. The molecular formula is C6H7ClN2S2. The molecule has 0 amide bonds. The average Bonchev–Trinajstić information content (AvgIpc) is 2.31. The smallest absolute Gasteiger partial charge is 0.183 e. The molecule has 0 saturated heterocycles. The lowest BCUT2D eigenvalue weighted by atomic mass is 10.3. The maximum Gasteiger partial charge on any atom is 0.183 e. The van der Waals surface area contributed by atoms with Crippen molar-refractivity contribution in [3.05, 3.63) is 15.5 Å². The van der Waals surface area contributed by atoms with E-state index in [1.165, 1.54) is 11.3 Å². The number of halogens is 1. The Morgan fingerprint density at radius 1 is 1.82 bits per heavy atom. The molecule has 0 radical (unpaired) electrons. The highest BCUT2D eigenvalue weighted by Crippen LogP contribution is 2.18. The van der Waals surface area contributed by atoms with Crippen molar-refractivity contribution in [2.45, 2.75) is 12.8 Å². The van der Waals surface area contributed by atoms with Gasteiger partial charge in [-0.3, -0.25) is 0 Å². The molecule has 5 heteroatoms. The Balaban J connectivity index is 2.45. The van der Waals surface area contributed by atoms with Crippen molar-refractivity contribution in [2.75, 3.05) is 0 Å². The number of rotatable bonds is 3. The van der Waals surface area contributed by atoms with Crippen LogP contribution in [0.25, 0.3) is 0 Å². The molecule has 0 aliphatic heterocycles. The molecular weight excluding hydrogens is 200 g/mol. The Kier molecular flexibility index (Phi) is 3.23. The largest absolute Gasteiger partial charge is 0.393 e. The van der Waals surface area contributed by atoms with Crippen LogP contribution in [0.15, 0.2) is 6.20 Å². The van der Waals surface area contributed by atoms with Gasteiger partial charge in [0.05, 0.1) is 4.99 Å². The van der Waals surface area contributed by atoms with E-state index in [4.69, 9.17) is 29.6 Å². The van der Waals surface area contributed by atoms with Gasteiger partial charge in [0.15, 0.2) is 4.47 Å². The third kappa shape index (κ3) is 3.14. The summed E-state index contributed by atoms with van der Waals surface area (Å²) in [4.78, 5) is 5.56. The van der Waals surface area contributed by atoms with Gasteiger partial charge in [0, 0.05) is 17.5 Å². The molecule has 2 nitrogen and oxygen atoms in total. The fraction of sp³-hybridized carbons (Fsp3) is 0.333. The molecule has 2 N–H and O–H groups in total. The summed E-state index contributed by atoms with van der Waals surface area (Å²) in [5.41, 5.74) is 5.33. The van der Waals surface area contributed by atoms with E-state index in [9.17, 15) is 0 Å². The van der Waals surface area contributed by atoms with Crippen molar-refractivity contribution >= 4 is 40.1 Å². The van der Waals surface area contributed by atoms with Crippen LogP contribution >= 0.6 is 35.2 Å². The number of nitrogens with two attached hydrogens (primary N) is 1. The van der Waals surface area contributed by atoms with E-state index in [2.05, 4.69) is 4.98 Å². The summed E-state index contributed by atoms with van der Waals surface area (Å²) in [6, 6.07) is 0. The molecule has 0 fully saturated rings. The number of nitrogens with zero attached hydrogens (tertiary/aromatic N) is 1. The van der Waals surface area contributed by atoms with Crippen LogP contribution in [0, 0.1) is 0 Å². The van der Waals surface area contributed by atoms with Gasteiger partial charge in [0.25, 0.3) is 0 Å². The third-order valence-corrected chi connectivity index (χ3v) is 2.52. The highest BCUT2D eigenvalue weighted by atomic mass is 35.5. The maximum atomic E-state index is 5.62. The summed E-state index contributed by atoms with van der Waals surface area (Å²) in [6.07, 6.45) is 3.33. The fourth-order valence-electron chi connectivity index (χ4n) is 0.646. The van der Waals surface area contributed by atoms with Crippen molar-refractivity contribution in [2.24, 2.45) is 5.73 Å². The Morgan fingerprint density at radius 3 is 3.00 bits per heavy atom. The lowest BCUT2D eigenvalue weighted by Crippen LogP contribution is -2.07. The molecule has 0 saturated carbocycles. The van der Waals surface area contributed by atoms with E-state index in [1.54, 1.807) is 6.20 Å². The summed E-state index contributed by atoms with van der Waals surface area (Å²) < 4.78 is 0.572. The first-order valence-electron chi connectivity index (χ1n) is 3.07. The van der Waals surface area contributed by atoms with Crippen molar-refractivity contribution in [1.82, 2.24) is 4.98 Å². The molecule has 60 valence electrons. The number of hydrogen-bond acceptors (Lipinski definition) is 3. The minimum atomic E-state index is 0.537. The van der Waals surface area contributed by atoms with Gasteiger partial charge < -0.3 is 5.73 Å². The number of thiazole rings is 1. The van der Waals surface area contributed by atoms with Gasteiger partial charge in [0.2, 0.25) is 0 Å². The minimum Gasteiger partial charge on any atom is -0.393 e. The summed E-state index contributed by atoms with van der Waals surface area (Å²) in [5.74, 6) is 0. The Bertz CT molecular complexity index is 259. The van der Waals surface area contributed by atoms with E-state index < -0.39 is 0 Å². The summed E-state index contributed by atoms with van der Waals surface area (Å²) in [6.45, 7) is 0. The third-order valence-electron chi connectivity index (χ3n) is 1.14. The average molecular weight is 207 g/mol. The second-order valence-electron chi connectivity index (χ2n) is 2.05. The quantitative estimate of drug-likeness (QED) is 0.770. The number of aromatic nitrogens is 1. The number of hydrogen-bond donors (Lipinski definition) is 1. The van der Waals surface area contributed by atoms with Crippen LogP contribution < -0.4 is 5.73 Å². The van der Waals surface area contributed by atoms with Crippen LogP contribution in [-0.4, -0.2) is 9.97 Å². The summed E-state index contributed by atoms with van der Waals surface area (Å²) in [7, 11) is 0. The van der Waals surface area contributed by atoms with Crippen molar-refractivity contribution in [3.8, 4) is 0 Å². The van der Waals surface area contributed by atoms with Gasteiger partial charge in [-0.15, -0.1) is 11.3 Å². The van der Waals surface area contributed by atoms with E-state index in [0.29, 0.717) is 9.46 Å². The van der Waals surface area contributed by atoms with Crippen LogP contribution in [0.1, 0.15) is 11.3 Å². The summed E-state index contributed by atoms with van der Waals surface area (Å²) in [5, 5.41) is 0. The SMILES string of the molecule is NC(=S)CCc1cnc(Cl)s1. The Hall–Kier alpha value is -0.190. The topological polar surface area (TPSA) is 38.9 Å². The molecule has 0 bridgehead atoms. The van der Waals surface area contributed by atoms with Gasteiger partial charge in [-0.05, 0) is 6.42 Å². The molecule has 0 aliphatic rings. The van der Waals surface area contributed by atoms with Crippen LogP contribution in [0.2, 0.25) is 4.47 Å². The summed E-state index contributed by atoms with van der Waals surface area (Å²) >= 11 is 11.8. The predicted octanol–water partition coefficient (Wildman–Crippen LogP) is 2.02. The van der Waals surface area contributed by atoms with E-state index in [1.807, 2.05) is 0 Å². The molecule has 0 atom stereocenters. The fourth-order valence-corrected chi connectivity index (χ4v) is 1.73. The van der Waals surface area contributed by atoms with Gasteiger partial charge in [-0.1, -0.05) is 23.8 Å². The van der Waals surface area contributed by atoms with Crippen molar-refractivity contribution in [1.29, 1.82) is 0 Å². The van der Waals surface area contributed by atoms with Crippen LogP contribution in [0.3, 0.4) is 0 Å². The zero-order valence-electron chi connectivity index (χ0n) is 5.71. The molecule has 1 heterocycles. The standard InChI is InChI=1S/C6H7ClN2S2/c7-6-9-3-4(11-6)1-2-5(8)10/h3H,1-2H2,(H2,8,10). The van der Waals surface area contributed by atoms with E-state index >= 15 is 0 Å². The molecule has 0 aliphatic carbocycles. The second-order valence-corrected chi connectivity index (χ2v) is 4.27. The second kappa shape index (κ2) is 3.99. The highest BCUT2D eigenvalue weighted by molar-refractivity contribution is 7.80. The molecule has 1 rings (SSSR count). The van der Waals surface area contributed by atoms with E-state index in [0.717, 1.165) is 17.7 Å². The van der Waals surface area contributed by atoms with Crippen LogP contribution in [0.4, 0.5) is 0 Å². The Labute approximate surface area is 79.4 Å². The zero-order chi connectivity index (χ0) is 8.27. The predicted molar refractivity (Wildman–Crippen MR) is 52.2 cm³/mol. The molecule has 0 unspecified atom stereocenters. The van der Waals surface area contributed by atoms with Crippen LogP contribution in [-0.2, 0) is 6.42 Å². The lowest BCUT2D eigenvalue weighted by molar-refractivity contribution is 1.06. The first kappa shape index (κ1) is 8.90. The van der Waals surface area contributed by atoms with Crippen molar-refractivity contribution < 1.29 is 0 Å². The highest BCUT2D eigenvalue weighted by Gasteiger charge is 1.99. The minimum absolute atomic E-state index is 0.537. The maximum absolute atomic E-state index is 5.62.